The third-order valence-corrected chi connectivity index (χ3v) is 6.07. The molecule has 6 heteroatoms. The highest BCUT2D eigenvalue weighted by molar-refractivity contribution is 5.82. The van der Waals surface area contributed by atoms with Gasteiger partial charge in [-0.2, -0.15) is 0 Å². The Labute approximate surface area is 178 Å². The average Bonchev–Trinajstić information content (AvgIpc) is 3.19. The molecule has 0 saturated carbocycles. The van der Waals surface area contributed by atoms with E-state index < -0.39 is 6.04 Å². The highest BCUT2D eigenvalue weighted by Gasteiger charge is 2.27. The van der Waals surface area contributed by atoms with Gasteiger partial charge in [0, 0.05) is 51.4 Å². The number of anilines is 1. The molecule has 0 aliphatic carbocycles. The molecule has 2 heterocycles. The fraction of sp³-hybridized carbons (Fsp3) is 0.417. The summed E-state index contributed by atoms with van der Waals surface area (Å²) in [6.07, 6.45) is 2.17. The van der Waals surface area contributed by atoms with Crippen molar-refractivity contribution in [3.8, 4) is 0 Å². The van der Waals surface area contributed by atoms with Crippen molar-refractivity contribution in [2.75, 3.05) is 37.6 Å². The van der Waals surface area contributed by atoms with Crippen LogP contribution in [0.4, 0.5) is 5.69 Å². The smallest absolute Gasteiger partial charge is 0.239 e. The lowest BCUT2D eigenvalue weighted by Crippen LogP contribution is -2.53. The summed E-state index contributed by atoms with van der Waals surface area (Å²) in [4.78, 5) is 31.0. The van der Waals surface area contributed by atoms with Crippen molar-refractivity contribution in [2.45, 2.75) is 31.8 Å². The molecule has 1 atom stereocenters. The molecule has 4 rings (SSSR count). The van der Waals surface area contributed by atoms with Crippen LogP contribution < -0.4 is 10.6 Å². The normalized spacial score (nSPS) is 18.0. The minimum absolute atomic E-state index is 0.0226. The second-order valence-electron chi connectivity index (χ2n) is 8.16. The molecule has 0 bridgehead atoms. The molecule has 2 fully saturated rings. The van der Waals surface area contributed by atoms with E-state index in [1.807, 2.05) is 52.3 Å². The number of benzene rings is 2. The first-order chi connectivity index (χ1) is 14.6. The zero-order valence-electron chi connectivity index (χ0n) is 17.4. The number of nitrogens with zero attached hydrogens (tertiary/aromatic N) is 3. The lowest BCUT2D eigenvalue weighted by molar-refractivity contribution is -0.133. The maximum atomic E-state index is 12.8. The Morgan fingerprint density at radius 1 is 0.933 bits per heavy atom. The van der Waals surface area contributed by atoms with Crippen molar-refractivity contribution in [3.05, 3.63) is 65.7 Å². The van der Waals surface area contributed by atoms with Gasteiger partial charge in [0.2, 0.25) is 11.8 Å². The molecule has 2 aromatic carbocycles. The van der Waals surface area contributed by atoms with Crippen LogP contribution in [0.5, 0.6) is 0 Å². The summed E-state index contributed by atoms with van der Waals surface area (Å²) in [6, 6.07) is 17.7. The van der Waals surface area contributed by atoms with Crippen LogP contribution in [-0.4, -0.2) is 60.4 Å². The lowest BCUT2D eigenvalue weighted by atomic mass is 10.1. The standard InChI is InChI=1S/C24H30N4O2/c25-21(17-19-7-2-1-3-8-19)24(30)27-15-13-26(14-16-27)22-10-5-4-9-20(22)18-28-12-6-11-23(28)29/h1-5,7-10,21H,6,11-18,25H2/t21-/m0/s1. The van der Waals surface area contributed by atoms with E-state index in [1.165, 1.54) is 5.56 Å². The second kappa shape index (κ2) is 9.30. The van der Waals surface area contributed by atoms with E-state index in [2.05, 4.69) is 17.0 Å². The van der Waals surface area contributed by atoms with Crippen LogP contribution in [-0.2, 0) is 22.6 Å². The SMILES string of the molecule is N[C@@H](Cc1ccccc1)C(=O)N1CCN(c2ccccc2CN2CCCC2=O)CC1. The molecule has 0 aromatic heterocycles. The predicted octanol–water partition coefficient (Wildman–Crippen LogP) is 2.03. The van der Waals surface area contributed by atoms with Gasteiger partial charge in [0.15, 0.2) is 0 Å². The van der Waals surface area contributed by atoms with Gasteiger partial charge in [0.05, 0.1) is 6.04 Å². The van der Waals surface area contributed by atoms with Crippen molar-refractivity contribution in [3.63, 3.8) is 0 Å². The number of carbonyl (C=O) groups is 2. The Morgan fingerprint density at radius 2 is 1.63 bits per heavy atom. The summed E-state index contributed by atoms with van der Waals surface area (Å²) < 4.78 is 0. The van der Waals surface area contributed by atoms with Crippen molar-refractivity contribution >= 4 is 17.5 Å². The second-order valence-corrected chi connectivity index (χ2v) is 8.16. The molecule has 2 aromatic rings. The van der Waals surface area contributed by atoms with Crippen LogP contribution in [0.3, 0.4) is 0 Å². The Bertz CT molecular complexity index is 878. The first kappa shape index (κ1) is 20.4. The van der Waals surface area contributed by atoms with E-state index in [9.17, 15) is 9.59 Å². The first-order valence-electron chi connectivity index (χ1n) is 10.8. The van der Waals surface area contributed by atoms with E-state index in [-0.39, 0.29) is 11.8 Å². The summed E-state index contributed by atoms with van der Waals surface area (Å²) >= 11 is 0. The van der Waals surface area contributed by atoms with Crippen molar-refractivity contribution in [2.24, 2.45) is 5.73 Å². The molecule has 158 valence electrons. The minimum atomic E-state index is -0.507. The van der Waals surface area contributed by atoms with Gasteiger partial charge in [0.25, 0.3) is 0 Å². The Kier molecular flexibility index (Phi) is 6.33. The van der Waals surface area contributed by atoms with E-state index in [0.717, 1.165) is 37.3 Å². The molecule has 0 radical (unpaired) electrons. The number of hydrogen-bond acceptors (Lipinski definition) is 4. The number of amides is 2. The number of nitrogens with two attached hydrogens (primary N) is 1. The van der Waals surface area contributed by atoms with Crippen molar-refractivity contribution < 1.29 is 9.59 Å². The fourth-order valence-electron chi connectivity index (χ4n) is 4.39. The molecule has 0 spiro atoms. The molecule has 6 nitrogen and oxygen atoms in total. The Morgan fingerprint density at radius 3 is 2.33 bits per heavy atom. The summed E-state index contributed by atoms with van der Waals surface area (Å²) in [5.41, 5.74) is 9.64. The average molecular weight is 407 g/mol. The van der Waals surface area contributed by atoms with Crippen LogP contribution in [0.15, 0.2) is 54.6 Å². The zero-order chi connectivity index (χ0) is 20.9. The number of likely N-dealkylation sites (tertiary alicyclic amines) is 1. The summed E-state index contributed by atoms with van der Waals surface area (Å²) in [6.45, 7) is 4.38. The van der Waals surface area contributed by atoms with E-state index in [4.69, 9.17) is 5.73 Å². The molecule has 2 amide bonds. The summed E-state index contributed by atoms with van der Waals surface area (Å²) in [5.74, 6) is 0.266. The van der Waals surface area contributed by atoms with Gasteiger partial charge in [-0.05, 0) is 30.0 Å². The van der Waals surface area contributed by atoms with Gasteiger partial charge >= 0.3 is 0 Å². The van der Waals surface area contributed by atoms with Crippen LogP contribution in [0, 0.1) is 0 Å². The molecular formula is C24H30N4O2. The molecule has 0 unspecified atom stereocenters. The lowest BCUT2D eigenvalue weighted by Gasteiger charge is -2.38. The van der Waals surface area contributed by atoms with Gasteiger partial charge in [-0.3, -0.25) is 9.59 Å². The summed E-state index contributed by atoms with van der Waals surface area (Å²) in [5, 5.41) is 0. The molecular weight excluding hydrogens is 376 g/mol. The number of para-hydroxylation sites is 1. The maximum Gasteiger partial charge on any atom is 0.239 e. The predicted molar refractivity (Wildman–Crippen MR) is 118 cm³/mol. The van der Waals surface area contributed by atoms with Gasteiger partial charge in [-0.15, -0.1) is 0 Å². The first-order valence-corrected chi connectivity index (χ1v) is 10.8. The van der Waals surface area contributed by atoms with Gasteiger partial charge in [-0.25, -0.2) is 0 Å². The third kappa shape index (κ3) is 4.65. The molecule has 30 heavy (non-hydrogen) atoms. The number of carbonyl (C=O) groups excluding carboxylic acids is 2. The quantitative estimate of drug-likeness (QED) is 0.797. The number of hydrogen-bond donors (Lipinski definition) is 1. The van der Waals surface area contributed by atoms with Gasteiger partial charge in [-0.1, -0.05) is 48.5 Å². The maximum absolute atomic E-state index is 12.8. The largest absolute Gasteiger partial charge is 0.368 e. The number of piperazine rings is 1. The number of rotatable bonds is 6. The fourth-order valence-corrected chi connectivity index (χ4v) is 4.39. The molecule has 2 aliphatic rings. The third-order valence-electron chi connectivity index (χ3n) is 6.07. The topological polar surface area (TPSA) is 69.9 Å². The van der Waals surface area contributed by atoms with Crippen LogP contribution in [0.25, 0.3) is 0 Å². The molecule has 2 saturated heterocycles. The van der Waals surface area contributed by atoms with Gasteiger partial charge in [0.1, 0.15) is 0 Å². The molecule has 2 N–H and O–H groups in total. The Hall–Kier alpha value is -2.86. The minimum Gasteiger partial charge on any atom is -0.368 e. The van der Waals surface area contributed by atoms with E-state index >= 15 is 0 Å². The van der Waals surface area contributed by atoms with E-state index in [1.54, 1.807) is 0 Å². The Balaban J connectivity index is 1.35. The van der Waals surface area contributed by atoms with Crippen LogP contribution >= 0.6 is 0 Å². The summed E-state index contributed by atoms with van der Waals surface area (Å²) in [7, 11) is 0. The monoisotopic (exact) mass is 406 g/mol. The van der Waals surface area contributed by atoms with E-state index in [0.29, 0.717) is 32.5 Å². The van der Waals surface area contributed by atoms with Crippen LogP contribution in [0.2, 0.25) is 0 Å². The molecule has 2 aliphatic heterocycles. The van der Waals surface area contributed by atoms with Crippen molar-refractivity contribution in [1.29, 1.82) is 0 Å². The van der Waals surface area contributed by atoms with Crippen LogP contribution in [0.1, 0.15) is 24.0 Å². The highest BCUT2D eigenvalue weighted by Crippen LogP contribution is 2.25. The van der Waals surface area contributed by atoms with Crippen molar-refractivity contribution in [1.82, 2.24) is 9.80 Å². The van der Waals surface area contributed by atoms with Gasteiger partial charge < -0.3 is 20.4 Å². The highest BCUT2D eigenvalue weighted by atomic mass is 16.2. The zero-order valence-corrected chi connectivity index (χ0v) is 17.4.